The summed E-state index contributed by atoms with van der Waals surface area (Å²) < 4.78 is 13.5. The molecule has 1 unspecified atom stereocenters. The summed E-state index contributed by atoms with van der Waals surface area (Å²) in [6.45, 7) is 3.61. The Hall–Kier alpha value is -2.18. The van der Waals surface area contributed by atoms with Gasteiger partial charge in [-0.05, 0) is 30.4 Å². The largest absolute Gasteiger partial charge is 0.381 e. The highest BCUT2D eigenvalue weighted by Crippen LogP contribution is 2.19. The van der Waals surface area contributed by atoms with Gasteiger partial charge in [-0.3, -0.25) is 4.79 Å². The van der Waals surface area contributed by atoms with Crippen molar-refractivity contribution in [2.24, 2.45) is 5.92 Å². The molecule has 4 rings (SSSR count). The Morgan fingerprint density at radius 3 is 3.00 bits per heavy atom. The number of ether oxygens (including phenoxy) is 2. The van der Waals surface area contributed by atoms with Crippen molar-refractivity contribution in [2.75, 3.05) is 13.2 Å². The van der Waals surface area contributed by atoms with Crippen LogP contribution in [0.5, 0.6) is 0 Å². The first-order valence-corrected chi connectivity index (χ1v) is 9.83. The maximum atomic E-state index is 12.5. The third-order valence-corrected chi connectivity index (χ3v) is 5.43. The molecule has 1 aromatic heterocycles. The minimum atomic E-state index is 0.0138. The van der Waals surface area contributed by atoms with E-state index in [1.165, 1.54) is 0 Å². The Kier molecular flexibility index (Phi) is 5.84. The minimum absolute atomic E-state index is 0.0138. The molecule has 1 N–H and O–H groups in total. The highest BCUT2D eigenvalue weighted by Gasteiger charge is 2.25. The third-order valence-electron chi connectivity index (χ3n) is 5.43. The van der Waals surface area contributed by atoms with Crippen molar-refractivity contribution in [3.05, 3.63) is 53.6 Å². The molecule has 1 saturated heterocycles. The molecule has 0 bridgehead atoms. The number of hydrogen-bond acceptors (Lipinski definition) is 4. The van der Waals surface area contributed by atoms with E-state index in [4.69, 9.17) is 9.47 Å². The predicted octanol–water partition coefficient (Wildman–Crippen LogP) is 2.46. The first-order valence-electron chi connectivity index (χ1n) is 9.83. The molecule has 0 radical (unpaired) electrons. The van der Waals surface area contributed by atoms with Gasteiger partial charge >= 0.3 is 0 Å². The summed E-state index contributed by atoms with van der Waals surface area (Å²) in [5.41, 5.74) is 2.25. The lowest BCUT2D eigenvalue weighted by Gasteiger charge is -2.23. The van der Waals surface area contributed by atoms with Gasteiger partial charge in [0.15, 0.2) is 0 Å². The molecule has 1 fully saturated rings. The monoisotopic (exact) mass is 369 g/mol. The molecule has 144 valence electrons. The number of rotatable bonds is 6. The number of nitrogens with zero attached hydrogens (tertiary/aromatic N) is 2. The molecule has 2 aliphatic heterocycles. The van der Waals surface area contributed by atoms with Gasteiger partial charge in [-0.15, -0.1) is 0 Å². The van der Waals surface area contributed by atoms with Crippen LogP contribution in [-0.4, -0.2) is 34.8 Å². The summed E-state index contributed by atoms with van der Waals surface area (Å²) in [5.74, 6) is 1.14. The molecule has 6 nitrogen and oxygen atoms in total. The van der Waals surface area contributed by atoms with Gasteiger partial charge < -0.3 is 19.4 Å². The summed E-state index contributed by atoms with van der Waals surface area (Å²) in [6.07, 6.45) is 7.61. The Morgan fingerprint density at radius 1 is 1.26 bits per heavy atom. The van der Waals surface area contributed by atoms with Crippen LogP contribution in [0.25, 0.3) is 0 Å². The van der Waals surface area contributed by atoms with Gasteiger partial charge in [0.1, 0.15) is 5.82 Å². The van der Waals surface area contributed by atoms with Crippen LogP contribution in [0.15, 0.2) is 36.7 Å². The van der Waals surface area contributed by atoms with E-state index in [1.54, 1.807) is 0 Å². The predicted molar refractivity (Wildman–Crippen MR) is 101 cm³/mol. The first-order chi connectivity index (χ1) is 13.3. The molecular weight excluding hydrogens is 342 g/mol. The van der Waals surface area contributed by atoms with E-state index in [2.05, 4.69) is 27.0 Å². The highest BCUT2D eigenvalue weighted by atomic mass is 16.5. The second kappa shape index (κ2) is 8.67. The lowest BCUT2D eigenvalue weighted by Crippen LogP contribution is -2.35. The van der Waals surface area contributed by atoms with Crippen molar-refractivity contribution in [3.63, 3.8) is 0 Å². The van der Waals surface area contributed by atoms with Gasteiger partial charge in [-0.2, -0.15) is 0 Å². The van der Waals surface area contributed by atoms with Crippen LogP contribution in [0, 0.1) is 5.92 Å². The molecule has 1 amide bonds. The van der Waals surface area contributed by atoms with E-state index in [0.29, 0.717) is 19.3 Å². The van der Waals surface area contributed by atoms with Gasteiger partial charge in [0.05, 0.1) is 12.7 Å². The molecule has 3 heterocycles. The molecule has 2 aliphatic rings. The van der Waals surface area contributed by atoms with E-state index in [-0.39, 0.29) is 11.8 Å². The van der Waals surface area contributed by atoms with E-state index in [0.717, 1.165) is 62.4 Å². The summed E-state index contributed by atoms with van der Waals surface area (Å²) in [6, 6.07) is 8.27. The van der Waals surface area contributed by atoms with Crippen molar-refractivity contribution >= 4 is 5.91 Å². The van der Waals surface area contributed by atoms with Gasteiger partial charge in [-0.25, -0.2) is 4.98 Å². The van der Waals surface area contributed by atoms with Gasteiger partial charge in [-0.1, -0.05) is 24.3 Å². The van der Waals surface area contributed by atoms with Crippen LogP contribution < -0.4 is 5.32 Å². The Balaban J connectivity index is 1.26. The summed E-state index contributed by atoms with van der Waals surface area (Å²) in [5, 5.41) is 3.09. The van der Waals surface area contributed by atoms with Crippen LogP contribution >= 0.6 is 0 Å². The quantitative estimate of drug-likeness (QED) is 0.849. The standard InChI is InChI=1S/C21H27N3O3/c25-21(18-4-8-24-9-7-22-20(24)13-18)23-14-16-2-1-3-17(12-16)15-27-19-5-10-26-11-6-19/h1-3,7,9,12,18-19H,4-6,8,10-11,13-15H2,(H,23,25). The second-order valence-corrected chi connectivity index (χ2v) is 7.39. The van der Waals surface area contributed by atoms with E-state index >= 15 is 0 Å². The topological polar surface area (TPSA) is 65.4 Å². The number of amides is 1. The fourth-order valence-corrected chi connectivity index (χ4v) is 3.79. The Bertz CT molecular complexity index is 768. The number of carbonyl (C=O) groups excluding carboxylic acids is 1. The molecule has 0 spiro atoms. The summed E-state index contributed by atoms with van der Waals surface area (Å²) >= 11 is 0. The molecule has 1 atom stereocenters. The smallest absolute Gasteiger partial charge is 0.223 e. The zero-order valence-corrected chi connectivity index (χ0v) is 15.6. The molecular formula is C21H27N3O3. The molecule has 0 saturated carbocycles. The molecule has 0 aliphatic carbocycles. The first kappa shape index (κ1) is 18.2. The van der Waals surface area contributed by atoms with Gasteiger partial charge in [0, 0.05) is 51.0 Å². The number of hydrogen-bond donors (Lipinski definition) is 1. The Labute approximate surface area is 159 Å². The lowest BCUT2D eigenvalue weighted by atomic mass is 9.97. The number of benzene rings is 1. The molecule has 27 heavy (non-hydrogen) atoms. The van der Waals surface area contributed by atoms with Crippen LogP contribution in [0.3, 0.4) is 0 Å². The van der Waals surface area contributed by atoms with E-state index in [1.807, 2.05) is 24.5 Å². The van der Waals surface area contributed by atoms with Gasteiger partial charge in [0.2, 0.25) is 5.91 Å². The fourth-order valence-electron chi connectivity index (χ4n) is 3.79. The zero-order valence-electron chi connectivity index (χ0n) is 15.6. The highest BCUT2D eigenvalue weighted by molar-refractivity contribution is 5.79. The van der Waals surface area contributed by atoms with Crippen molar-refractivity contribution in [1.82, 2.24) is 14.9 Å². The number of aryl methyl sites for hydroxylation is 1. The minimum Gasteiger partial charge on any atom is -0.381 e. The average Bonchev–Trinajstić information content (AvgIpc) is 3.19. The maximum Gasteiger partial charge on any atom is 0.223 e. The summed E-state index contributed by atoms with van der Waals surface area (Å²) in [7, 11) is 0. The fraction of sp³-hybridized carbons (Fsp3) is 0.524. The summed E-state index contributed by atoms with van der Waals surface area (Å²) in [4.78, 5) is 16.9. The zero-order chi connectivity index (χ0) is 18.5. The average molecular weight is 369 g/mol. The molecule has 2 aromatic rings. The van der Waals surface area contributed by atoms with Crippen LogP contribution in [0.2, 0.25) is 0 Å². The normalized spacial score (nSPS) is 20.2. The second-order valence-electron chi connectivity index (χ2n) is 7.39. The van der Waals surface area contributed by atoms with E-state index in [9.17, 15) is 4.79 Å². The van der Waals surface area contributed by atoms with Crippen molar-refractivity contribution in [3.8, 4) is 0 Å². The van der Waals surface area contributed by atoms with Gasteiger partial charge in [0.25, 0.3) is 0 Å². The van der Waals surface area contributed by atoms with Crippen LogP contribution in [0.1, 0.15) is 36.2 Å². The lowest BCUT2D eigenvalue weighted by molar-refractivity contribution is -0.125. The number of imidazole rings is 1. The number of nitrogens with one attached hydrogen (secondary N) is 1. The maximum absolute atomic E-state index is 12.5. The van der Waals surface area contributed by atoms with Crippen molar-refractivity contribution < 1.29 is 14.3 Å². The van der Waals surface area contributed by atoms with Crippen LogP contribution in [-0.2, 0) is 40.4 Å². The SMILES string of the molecule is O=C(NCc1cccc(COC2CCOCC2)c1)C1CCn2ccnc2C1. The molecule has 6 heteroatoms. The third kappa shape index (κ3) is 4.76. The molecule has 1 aromatic carbocycles. The van der Waals surface area contributed by atoms with Crippen molar-refractivity contribution in [2.45, 2.75) is 51.5 Å². The van der Waals surface area contributed by atoms with Crippen molar-refractivity contribution in [1.29, 1.82) is 0 Å². The Morgan fingerprint density at radius 2 is 2.11 bits per heavy atom. The van der Waals surface area contributed by atoms with E-state index < -0.39 is 0 Å². The number of fused-ring (bicyclic) bond motifs is 1. The number of aromatic nitrogens is 2. The van der Waals surface area contributed by atoms with Crippen LogP contribution in [0.4, 0.5) is 0 Å². The number of carbonyl (C=O) groups is 1.